The molecule has 1 N–H and O–H groups in total. The molecule has 0 saturated carbocycles. The average molecular weight is 299 g/mol. The largest absolute Gasteiger partial charge is 0.381 e. The van der Waals surface area contributed by atoms with E-state index in [4.69, 9.17) is 11.6 Å². The molecule has 0 saturated heterocycles. The standard InChI is InChI=1S/C13H9ClF2N2O2/c14-10-2-1-3-11(15)9(10)7-17-8-4-5-12(16)13(6-8)18(19)20/h1-6,17H,7H2. The summed E-state index contributed by atoms with van der Waals surface area (Å²) < 4.78 is 26.7. The van der Waals surface area contributed by atoms with Crippen LogP contribution in [0.3, 0.4) is 0 Å². The van der Waals surface area contributed by atoms with Crippen molar-refractivity contribution in [1.82, 2.24) is 0 Å². The topological polar surface area (TPSA) is 55.2 Å². The summed E-state index contributed by atoms with van der Waals surface area (Å²) in [5.41, 5.74) is -0.104. The summed E-state index contributed by atoms with van der Waals surface area (Å²) in [6.45, 7) is 0.0360. The van der Waals surface area contributed by atoms with Crippen molar-refractivity contribution in [3.8, 4) is 0 Å². The van der Waals surface area contributed by atoms with Crippen LogP contribution in [0.25, 0.3) is 0 Å². The van der Waals surface area contributed by atoms with E-state index in [0.29, 0.717) is 5.69 Å². The number of rotatable bonds is 4. The molecule has 0 aliphatic heterocycles. The van der Waals surface area contributed by atoms with Crippen molar-refractivity contribution in [2.45, 2.75) is 6.54 Å². The van der Waals surface area contributed by atoms with Crippen LogP contribution in [-0.4, -0.2) is 4.92 Å². The molecule has 20 heavy (non-hydrogen) atoms. The number of halogens is 3. The first-order valence-corrected chi connectivity index (χ1v) is 5.97. The Balaban J connectivity index is 2.19. The molecule has 0 fully saturated rings. The molecule has 0 bridgehead atoms. The van der Waals surface area contributed by atoms with Gasteiger partial charge in [-0.05, 0) is 24.3 Å². The molecule has 0 amide bonds. The molecule has 0 spiro atoms. The Bertz CT molecular complexity index is 645. The minimum atomic E-state index is -0.926. The van der Waals surface area contributed by atoms with Gasteiger partial charge in [-0.25, -0.2) is 4.39 Å². The highest BCUT2D eigenvalue weighted by atomic mass is 35.5. The number of hydrogen-bond donors (Lipinski definition) is 1. The molecule has 7 heteroatoms. The van der Waals surface area contributed by atoms with Crippen LogP contribution >= 0.6 is 11.6 Å². The molecule has 2 aromatic rings. The summed E-state index contributed by atoms with van der Waals surface area (Å²) >= 11 is 5.85. The fourth-order valence-corrected chi connectivity index (χ4v) is 1.88. The van der Waals surface area contributed by atoms with Gasteiger partial charge in [0.05, 0.1) is 4.92 Å². The second-order valence-corrected chi connectivity index (χ2v) is 4.38. The van der Waals surface area contributed by atoms with E-state index in [1.807, 2.05) is 0 Å². The average Bonchev–Trinajstić information content (AvgIpc) is 2.39. The lowest BCUT2D eigenvalue weighted by Gasteiger charge is -2.09. The second kappa shape index (κ2) is 5.83. The molecular formula is C13H9ClF2N2O2. The fraction of sp³-hybridized carbons (Fsp3) is 0.0769. The third-order valence-corrected chi connectivity index (χ3v) is 3.03. The predicted octanol–water partition coefficient (Wildman–Crippen LogP) is 4.14. The van der Waals surface area contributed by atoms with Crippen LogP contribution in [0.4, 0.5) is 20.2 Å². The number of nitro benzene ring substituents is 1. The minimum Gasteiger partial charge on any atom is -0.381 e. The first kappa shape index (κ1) is 14.2. The molecule has 0 aromatic heterocycles. The Morgan fingerprint density at radius 2 is 1.95 bits per heavy atom. The van der Waals surface area contributed by atoms with Gasteiger partial charge in [0.15, 0.2) is 0 Å². The Morgan fingerprint density at radius 3 is 2.60 bits per heavy atom. The molecule has 2 aromatic carbocycles. The van der Waals surface area contributed by atoms with Crippen molar-refractivity contribution < 1.29 is 13.7 Å². The van der Waals surface area contributed by atoms with Crippen molar-refractivity contribution in [2.24, 2.45) is 0 Å². The third-order valence-electron chi connectivity index (χ3n) is 2.67. The van der Waals surface area contributed by atoms with Gasteiger partial charge in [-0.1, -0.05) is 17.7 Å². The Labute approximate surface area is 118 Å². The van der Waals surface area contributed by atoms with Crippen molar-refractivity contribution in [1.29, 1.82) is 0 Å². The van der Waals surface area contributed by atoms with Crippen LogP contribution in [0.1, 0.15) is 5.56 Å². The van der Waals surface area contributed by atoms with Gasteiger partial charge >= 0.3 is 5.69 Å². The lowest BCUT2D eigenvalue weighted by atomic mass is 10.2. The van der Waals surface area contributed by atoms with E-state index < -0.39 is 22.2 Å². The highest BCUT2D eigenvalue weighted by Gasteiger charge is 2.14. The smallest absolute Gasteiger partial charge is 0.306 e. The maximum atomic E-state index is 13.5. The number of hydrogen-bond acceptors (Lipinski definition) is 3. The zero-order valence-electron chi connectivity index (χ0n) is 10.1. The lowest BCUT2D eigenvalue weighted by molar-refractivity contribution is -0.387. The number of nitrogens with zero attached hydrogens (tertiary/aromatic N) is 1. The zero-order valence-corrected chi connectivity index (χ0v) is 10.8. The first-order valence-electron chi connectivity index (χ1n) is 5.59. The van der Waals surface area contributed by atoms with Crippen molar-refractivity contribution in [2.75, 3.05) is 5.32 Å². The maximum Gasteiger partial charge on any atom is 0.306 e. The van der Waals surface area contributed by atoms with E-state index >= 15 is 0 Å². The van der Waals surface area contributed by atoms with E-state index in [0.717, 1.165) is 12.1 Å². The third kappa shape index (κ3) is 3.03. The molecular weight excluding hydrogens is 290 g/mol. The fourth-order valence-electron chi connectivity index (χ4n) is 1.65. The monoisotopic (exact) mass is 298 g/mol. The minimum absolute atomic E-state index is 0.0360. The van der Waals surface area contributed by atoms with Gasteiger partial charge in [0, 0.05) is 28.9 Å². The van der Waals surface area contributed by atoms with Gasteiger partial charge in [-0.2, -0.15) is 4.39 Å². The summed E-state index contributed by atoms with van der Waals surface area (Å²) in [5.74, 6) is -1.41. The number of benzene rings is 2. The molecule has 0 heterocycles. The SMILES string of the molecule is O=[N+]([O-])c1cc(NCc2c(F)cccc2Cl)ccc1F. The van der Waals surface area contributed by atoms with Crippen LogP contribution in [0.5, 0.6) is 0 Å². The van der Waals surface area contributed by atoms with E-state index in [1.54, 1.807) is 0 Å². The molecule has 104 valence electrons. The summed E-state index contributed by atoms with van der Waals surface area (Å²) in [4.78, 5) is 9.79. The Hall–Kier alpha value is -2.21. The Morgan fingerprint density at radius 1 is 1.20 bits per heavy atom. The molecule has 0 atom stereocenters. The van der Waals surface area contributed by atoms with Crippen LogP contribution in [-0.2, 0) is 6.54 Å². The molecule has 0 aliphatic carbocycles. The van der Waals surface area contributed by atoms with E-state index in [1.165, 1.54) is 24.3 Å². The highest BCUT2D eigenvalue weighted by Crippen LogP contribution is 2.24. The van der Waals surface area contributed by atoms with Crippen molar-refractivity contribution in [3.05, 3.63) is 68.7 Å². The van der Waals surface area contributed by atoms with E-state index in [-0.39, 0.29) is 17.1 Å². The van der Waals surface area contributed by atoms with Crippen LogP contribution in [0.2, 0.25) is 5.02 Å². The van der Waals surface area contributed by atoms with E-state index in [2.05, 4.69) is 5.32 Å². The van der Waals surface area contributed by atoms with Crippen molar-refractivity contribution in [3.63, 3.8) is 0 Å². The van der Waals surface area contributed by atoms with Gasteiger partial charge in [0.1, 0.15) is 5.82 Å². The van der Waals surface area contributed by atoms with Gasteiger partial charge in [-0.3, -0.25) is 10.1 Å². The van der Waals surface area contributed by atoms with Gasteiger partial charge in [0.2, 0.25) is 5.82 Å². The lowest BCUT2D eigenvalue weighted by Crippen LogP contribution is -2.03. The summed E-state index contributed by atoms with van der Waals surface area (Å²) in [6, 6.07) is 7.62. The molecule has 0 aliphatic rings. The predicted molar refractivity (Wildman–Crippen MR) is 71.8 cm³/mol. The van der Waals surface area contributed by atoms with Crippen molar-refractivity contribution >= 4 is 23.0 Å². The molecule has 4 nitrogen and oxygen atoms in total. The van der Waals surface area contributed by atoms with E-state index in [9.17, 15) is 18.9 Å². The quantitative estimate of drug-likeness (QED) is 0.682. The van der Waals surface area contributed by atoms with Crippen LogP contribution < -0.4 is 5.32 Å². The Kier molecular flexibility index (Phi) is 4.14. The van der Waals surface area contributed by atoms with Gasteiger partial charge in [-0.15, -0.1) is 0 Å². The normalized spacial score (nSPS) is 10.3. The van der Waals surface area contributed by atoms with Gasteiger partial charge in [0.25, 0.3) is 0 Å². The second-order valence-electron chi connectivity index (χ2n) is 3.98. The summed E-state index contributed by atoms with van der Waals surface area (Å²) in [5, 5.41) is 13.6. The first-order chi connectivity index (χ1) is 9.49. The molecule has 2 rings (SSSR count). The van der Waals surface area contributed by atoms with Crippen LogP contribution in [0.15, 0.2) is 36.4 Å². The zero-order chi connectivity index (χ0) is 14.7. The highest BCUT2D eigenvalue weighted by molar-refractivity contribution is 6.31. The molecule has 0 unspecified atom stereocenters. The van der Waals surface area contributed by atoms with Gasteiger partial charge < -0.3 is 5.32 Å². The number of nitrogens with one attached hydrogen (secondary N) is 1. The summed E-state index contributed by atoms with van der Waals surface area (Å²) in [6.07, 6.45) is 0. The summed E-state index contributed by atoms with van der Waals surface area (Å²) in [7, 11) is 0. The maximum absolute atomic E-state index is 13.5. The molecule has 0 radical (unpaired) electrons. The number of anilines is 1. The number of nitro groups is 1. The van der Waals surface area contributed by atoms with Crippen LogP contribution in [0, 0.1) is 21.7 Å².